The first-order valence-corrected chi connectivity index (χ1v) is 10.5. The van der Waals surface area contributed by atoms with Gasteiger partial charge in [-0.25, -0.2) is 24.3 Å². The molecular weight excluding hydrogens is 418 g/mol. The van der Waals surface area contributed by atoms with Gasteiger partial charge in [-0.05, 0) is 25.5 Å². The quantitative estimate of drug-likeness (QED) is 0.593. The number of anilines is 3. The number of nitrogens with one attached hydrogen (secondary N) is 2. The molecule has 9 nitrogen and oxygen atoms in total. The maximum atomic E-state index is 14.7. The van der Waals surface area contributed by atoms with Gasteiger partial charge in [-0.15, -0.1) is 0 Å². The second kappa shape index (κ2) is 8.23. The minimum absolute atomic E-state index is 0.0331. The predicted molar refractivity (Wildman–Crippen MR) is 114 cm³/mol. The van der Waals surface area contributed by atoms with Crippen LogP contribution >= 0.6 is 0 Å². The molecular formula is C21H22F2N8O. The van der Waals surface area contributed by atoms with E-state index in [1.165, 1.54) is 0 Å². The lowest BCUT2D eigenvalue weighted by molar-refractivity contribution is 0.280. The normalized spacial score (nSPS) is 15.2. The van der Waals surface area contributed by atoms with Crippen molar-refractivity contribution in [3.63, 3.8) is 0 Å². The largest absolute Gasteiger partial charge is 0.484 e. The zero-order valence-corrected chi connectivity index (χ0v) is 17.7. The lowest BCUT2D eigenvalue weighted by Gasteiger charge is -2.33. The van der Waals surface area contributed by atoms with Gasteiger partial charge in [-0.3, -0.25) is 0 Å². The highest BCUT2D eigenvalue weighted by molar-refractivity contribution is 5.62. The Kier molecular flexibility index (Phi) is 5.25. The van der Waals surface area contributed by atoms with Crippen LogP contribution in [0.3, 0.4) is 0 Å². The molecule has 0 saturated heterocycles. The molecule has 2 aliphatic rings. The number of hydrogen-bond acceptors (Lipinski definition) is 9. The van der Waals surface area contributed by atoms with E-state index in [0.717, 1.165) is 37.0 Å². The maximum absolute atomic E-state index is 14.7. The standard InChI is InChI=1S/C21H22F2N8O/c1-11(2)31-7-8-32-17-18(23)29-19(30-20(17)31)16-13(22)10-25-21(28-16)27-15-4-3-12-9-24-6-5-14(12)26-15/h3-4,10-11,24H,5-9H2,1-2H3,(H,25,26,27,28). The average Bonchev–Trinajstić information content (AvgIpc) is 2.79. The summed E-state index contributed by atoms with van der Waals surface area (Å²) >= 11 is 0. The number of hydrogen-bond donors (Lipinski definition) is 2. The molecule has 3 aromatic rings. The Hall–Kier alpha value is -3.47. The van der Waals surface area contributed by atoms with Crippen molar-refractivity contribution in [2.24, 2.45) is 0 Å². The van der Waals surface area contributed by atoms with Crippen molar-refractivity contribution in [2.45, 2.75) is 32.9 Å². The zero-order chi connectivity index (χ0) is 22.2. The van der Waals surface area contributed by atoms with Gasteiger partial charge >= 0.3 is 0 Å². The summed E-state index contributed by atoms with van der Waals surface area (Å²) < 4.78 is 34.7. The van der Waals surface area contributed by atoms with E-state index in [2.05, 4.69) is 35.6 Å². The van der Waals surface area contributed by atoms with Gasteiger partial charge in [0.25, 0.3) is 5.95 Å². The number of nitrogens with zero attached hydrogens (tertiary/aromatic N) is 6. The lowest BCUT2D eigenvalue weighted by Crippen LogP contribution is -2.39. The molecule has 0 bridgehead atoms. The molecule has 166 valence electrons. The summed E-state index contributed by atoms with van der Waals surface area (Å²) in [6.45, 7) is 6.42. The van der Waals surface area contributed by atoms with E-state index in [0.29, 0.717) is 19.0 Å². The summed E-state index contributed by atoms with van der Waals surface area (Å²) in [5, 5.41) is 6.28. The van der Waals surface area contributed by atoms with E-state index in [4.69, 9.17) is 4.74 Å². The van der Waals surface area contributed by atoms with Crippen LogP contribution in [-0.4, -0.2) is 50.7 Å². The van der Waals surface area contributed by atoms with Crippen molar-refractivity contribution in [2.75, 3.05) is 29.9 Å². The van der Waals surface area contributed by atoms with Crippen LogP contribution in [0.4, 0.5) is 26.4 Å². The first-order chi connectivity index (χ1) is 15.5. The molecule has 5 heterocycles. The number of halogens is 2. The number of pyridine rings is 1. The fraction of sp³-hybridized carbons (Fsp3) is 0.381. The average molecular weight is 440 g/mol. The van der Waals surface area contributed by atoms with Crippen molar-refractivity contribution < 1.29 is 13.5 Å². The smallest absolute Gasteiger partial charge is 0.261 e. The Labute approximate surface area is 183 Å². The molecule has 3 aromatic heterocycles. The summed E-state index contributed by atoms with van der Waals surface area (Å²) in [6.07, 6.45) is 1.82. The zero-order valence-electron chi connectivity index (χ0n) is 17.7. The third-order valence-corrected chi connectivity index (χ3v) is 5.40. The van der Waals surface area contributed by atoms with Crippen molar-refractivity contribution in [3.05, 3.63) is 41.4 Å². The van der Waals surface area contributed by atoms with Crippen LogP contribution < -0.4 is 20.3 Å². The van der Waals surface area contributed by atoms with E-state index >= 15 is 0 Å². The van der Waals surface area contributed by atoms with Crippen molar-refractivity contribution in [3.8, 4) is 17.3 Å². The SMILES string of the molecule is CC(C)N1CCOc2c(F)nc(-c3nc(Nc4ccc5c(n4)CCNC5)ncc3F)nc21. The Morgan fingerprint density at radius 2 is 2.03 bits per heavy atom. The molecule has 2 aliphatic heterocycles. The van der Waals surface area contributed by atoms with Crippen LogP contribution in [0.2, 0.25) is 0 Å². The van der Waals surface area contributed by atoms with Crippen molar-refractivity contribution in [1.29, 1.82) is 0 Å². The summed E-state index contributed by atoms with van der Waals surface area (Å²) in [5.74, 6) is -0.882. The fourth-order valence-electron chi connectivity index (χ4n) is 3.80. The molecule has 0 atom stereocenters. The van der Waals surface area contributed by atoms with Gasteiger partial charge < -0.3 is 20.3 Å². The lowest BCUT2D eigenvalue weighted by atomic mass is 10.1. The van der Waals surface area contributed by atoms with Crippen LogP contribution in [0.25, 0.3) is 11.5 Å². The molecule has 2 N–H and O–H groups in total. The topological polar surface area (TPSA) is 101 Å². The highest BCUT2D eigenvalue weighted by Gasteiger charge is 2.28. The van der Waals surface area contributed by atoms with Crippen LogP contribution in [0.5, 0.6) is 5.75 Å². The summed E-state index contributed by atoms with van der Waals surface area (Å²) in [6, 6.07) is 3.84. The first kappa shape index (κ1) is 20.4. The summed E-state index contributed by atoms with van der Waals surface area (Å²) in [4.78, 5) is 22.9. The van der Waals surface area contributed by atoms with Gasteiger partial charge in [-0.2, -0.15) is 9.37 Å². The molecule has 0 fully saturated rings. The summed E-state index contributed by atoms with van der Waals surface area (Å²) in [7, 11) is 0. The van der Waals surface area contributed by atoms with Crippen molar-refractivity contribution >= 4 is 17.6 Å². The van der Waals surface area contributed by atoms with Gasteiger partial charge in [-0.1, -0.05) is 6.07 Å². The Balaban J connectivity index is 1.49. The Bertz CT molecular complexity index is 1170. The number of aromatic nitrogens is 5. The maximum Gasteiger partial charge on any atom is 0.261 e. The van der Waals surface area contributed by atoms with Crippen LogP contribution in [0.15, 0.2) is 18.3 Å². The number of fused-ring (bicyclic) bond motifs is 2. The van der Waals surface area contributed by atoms with Crippen LogP contribution in [0.1, 0.15) is 25.1 Å². The number of rotatable bonds is 4. The molecule has 0 spiro atoms. The monoisotopic (exact) mass is 440 g/mol. The third kappa shape index (κ3) is 3.79. The molecule has 0 amide bonds. The molecule has 0 unspecified atom stereocenters. The van der Waals surface area contributed by atoms with Gasteiger partial charge in [0.15, 0.2) is 17.5 Å². The molecule has 0 saturated carbocycles. The van der Waals surface area contributed by atoms with Crippen LogP contribution in [-0.2, 0) is 13.0 Å². The van der Waals surface area contributed by atoms with Gasteiger partial charge in [0.05, 0.1) is 12.7 Å². The Morgan fingerprint density at radius 1 is 1.16 bits per heavy atom. The second-order valence-corrected chi connectivity index (χ2v) is 7.87. The number of ether oxygens (including phenoxy) is 1. The molecule has 11 heteroatoms. The molecule has 0 radical (unpaired) electrons. The fourth-order valence-corrected chi connectivity index (χ4v) is 3.80. The van der Waals surface area contributed by atoms with E-state index in [9.17, 15) is 8.78 Å². The minimum atomic E-state index is -0.854. The minimum Gasteiger partial charge on any atom is -0.484 e. The van der Waals surface area contributed by atoms with Crippen LogP contribution in [0, 0.1) is 11.8 Å². The highest BCUT2D eigenvalue weighted by Crippen LogP contribution is 2.34. The van der Waals surface area contributed by atoms with E-state index in [-0.39, 0.29) is 35.1 Å². The first-order valence-electron chi connectivity index (χ1n) is 10.5. The highest BCUT2D eigenvalue weighted by atomic mass is 19.1. The predicted octanol–water partition coefficient (Wildman–Crippen LogP) is 2.60. The van der Waals surface area contributed by atoms with Gasteiger partial charge in [0.1, 0.15) is 18.1 Å². The molecule has 32 heavy (non-hydrogen) atoms. The molecule has 5 rings (SSSR count). The summed E-state index contributed by atoms with van der Waals surface area (Å²) in [5.41, 5.74) is 1.92. The van der Waals surface area contributed by atoms with Gasteiger partial charge in [0.2, 0.25) is 11.7 Å². The van der Waals surface area contributed by atoms with E-state index in [1.807, 2.05) is 30.9 Å². The Morgan fingerprint density at radius 3 is 2.88 bits per heavy atom. The van der Waals surface area contributed by atoms with Gasteiger partial charge in [0, 0.05) is 31.2 Å². The van der Waals surface area contributed by atoms with E-state index in [1.54, 1.807) is 0 Å². The second-order valence-electron chi connectivity index (χ2n) is 7.87. The molecule has 0 aromatic carbocycles. The third-order valence-electron chi connectivity index (χ3n) is 5.40. The molecule has 0 aliphatic carbocycles. The van der Waals surface area contributed by atoms with E-state index < -0.39 is 11.8 Å². The van der Waals surface area contributed by atoms with Crippen molar-refractivity contribution in [1.82, 2.24) is 30.2 Å².